The van der Waals surface area contributed by atoms with Crippen molar-refractivity contribution in [3.05, 3.63) is 58.6 Å². The third-order valence-corrected chi connectivity index (χ3v) is 3.25. The summed E-state index contributed by atoms with van der Waals surface area (Å²) in [5.74, 6) is -0.304. The second kappa shape index (κ2) is 6.95. The molecule has 6 heteroatoms. The van der Waals surface area contributed by atoms with Gasteiger partial charge in [0.1, 0.15) is 11.5 Å². The van der Waals surface area contributed by atoms with Crippen LogP contribution in [-0.4, -0.2) is 21.8 Å². The van der Waals surface area contributed by atoms with E-state index < -0.39 is 0 Å². The van der Waals surface area contributed by atoms with Crippen LogP contribution in [0, 0.1) is 0 Å². The van der Waals surface area contributed by atoms with E-state index in [1.165, 1.54) is 18.2 Å². The van der Waals surface area contributed by atoms with Gasteiger partial charge in [-0.3, -0.25) is 4.79 Å². The normalized spacial score (nSPS) is 11.3. The number of aromatic hydroxyl groups is 2. The number of nitrogens with one attached hydrogen (secondary N) is 1. The molecule has 0 spiro atoms. The lowest BCUT2D eigenvalue weighted by molar-refractivity contribution is -0.120. The minimum absolute atomic E-state index is 0.00911. The van der Waals surface area contributed by atoms with Crippen LogP contribution >= 0.6 is 11.6 Å². The van der Waals surface area contributed by atoms with Gasteiger partial charge in [-0.2, -0.15) is 5.10 Å². The third kappa shape index (κ3) is 4.23. The topological polar surface area (TPSA) is 81.9 Å². The van der Waals surface area contributed by atoms with Gasteiger partial charge in [-0.05, 0) is 42.8 Å². The fraction of sp³-hybridized carbons (Fsp3) is 0.125. The number of hydrazone groups is 1. The number of hydrogen-bond acceptors (Lipinski definition) is 4. The molecule has 0 aliphatic carbocycles. The molecule has 0 saturated heterocycles. The first kappa shape index (κ1) is 15.9. The molecule has 0 aliphatic heterocycles. The van der Waals surface area contributed by atoms with Crippen LogP contribution in [0.15, 0.2) is 47.6 Å². The van der Waals surface area contributed by atoms with Gasteiger partial charge in [-0.1, -0.05) is 23.7 Å². The number of phenolic OH excluding ortho intramolecular Hbond substituents is 2. The quantitative estimate of drug-likeness (QED) is 0.460. The standard InChI is InChI=1S/C16H15ClN2O3/c1-10(14-9-13(20)6-7-15(14)21)18-19-16(22)8-11-2-4-12(17)5-3-11/h2-7,9,20-21H,8H2,1H3,(H,19,22)/b18-10-. The van der Waals surface area contributed by atoms with E-state index in [1.807, 2.05) is 0 Å². The Morgan fingerprint density at radius 1 is 1.18 bits per heavy atom. The largest absolute Gasteiger partial charge is 0.508 e. The first-order valence-corrected chi connectivity index (χ1v) is 6.93. The summed E-state index contributed by atoms with van der Waals surface area (Å²) in [6, 6.07) is 11.1. The van der Waals surface area contributed by atoms with Crippen LogP contribution in [0.25, 0.3) is 0 Å². The van der Waals surface area contributed by atoms with E-state index in [-0.39, 0.29) is 23.8 Å². The molecule has 0 aliphatic rings. The molecule has 2 aromatic carbocycles. The van der Waals surface area contributed by atoms with Crippen molar-refractivity contribution in [1.82, 2.24) is 5.43 Å². The first-order valence-electron chi connectivity index (χ1n) is 6.55. The summed E-state index contributed by atoms with van der Waals surface area (Å²) in [5.41, 5.74) is 3.97. The van der Waals surface area contributed by atoms with Gasteiger partial charge in [0.25, 0.3) is 0 Å². The Kier molecular flexibility index (Phi) is 5.01. The van der Waals surface area contributed by atoms with E-state index in [0.717, 1.165) is 5.56 Å². The van der Waals surface area contributed by atoms with Gasteiger partial charge in [0.15, 0.2) is 0 Å². The summed E-state index contributed by atoms with van der Waals surface area (Å²) >= 11 is 5.78. The molecule has 0 radical (unpaired) electrons. The lowest BCUT2D eigenvalue weighted by atomic mass is 10.1. The van der Waals surface area contributed by atoms with Gasteiger partial charge >= 0.3 is 0 Å². The van der Waals surface area contributed by atoms with Crippen LogP contribution < -0.4 is 5.43 Å². The maximum Gasteiger partial charge on any atom is 0.244 e. The van der Waals surface area contributed by atoms with Gasteiger partial charge < -0.3 is 10.2 Å². The van der Waals surface area contributed by atoms with Crippen molar-refractivity contribution in [2.24, 2.45) is 5.10 Å². The fourth-order valence-corrected chi connectivity index (χ4v) is 1.97. The molecule has 5 nitrogen and oxygen atoms in total. The van der Waals surface area contributed by atoms with Crippen molar-refractivity contribution in [2.45, 2.75) is 13.3 Å². The molecule has 2 aromatic rings. The zero-order valence-electron chi connectivity index (χ0n) is 11.9. The summed E-state index contributed by atoms with van der Waals surface area (Å²) in [7, 11) is 0. The average molecular weight is 319 g/mol. The molecule has 0 fully saturated rings. The van der Waals surface area contributed by atoms with Crippen LogP contribution in [0.3, 0.4) is 0 Å². The summed E-state index contributed by atoms with van der Waals surface area (Å²) in [5, 5.41) is 23.7. The second-order valence-corrected chi connectivity index (χ2v) is 5.17. The highest BCUT2D eigenvalue weighted by Gasteiger charge is 2.07. The number of amides is 1. The monoisotopic (exact) mass is 318 g/mol. The molecule has 0 unspecified atom stereocenters. The van der Waals surface area contributed by atoms with E-state index in [1.54, 1.807) is 31.2 Å². The maximum absolute atomic E-state index is 11.8. The Balaban J connectivity index is 2.02. The highest BCUT2D eigenvalue weighted by molar-refractivity contribution is 6.30. The van der Waals surface area contributed by atoms with Crippen LogP contribution in [0.4, 0.5) is 0 Å². The lowest BCUT2D eigenvalue weighted by Crippen LogP contribution is -2.21. The summed E-state index contributed by atoms with van der Waals surface area (Å²) in [6.45, 7) is 1.62. The van der Waals surface area contributed by atoms with Crippen molar-refractivity contribution in [3.8, 4) is 11.5 Å². The zero-order valence-corrected chi connectivity index (χ0v) is 12.6. The highest BCUT2D eigenvalue weighted by atomic mass is 35.5. The first-order chi connectivity index (χ1) is 10.5. The molecule has 1 amide bonds. The number of benzene rings is 2. The molecule has 22 heavy (non-hydrogen) atoms. The molecular weight excluding hydrogens is 304 g/mol. The van der Waals surface area contributed by atoms with Gasteiger partial charge in [-0.15, -0.1) is 0 Å². The number of carbonyl (C=O) groups is 1. The van der Waals surface area contributed by atoms with Gasteiger partial charge in [0.05, 0.1) is 12.1 Å². The van der Waals surface area contributed by atoms with Crippen LogP contribution in [0.1, 0.15) is 18.1 Å². The minimum Gasteiger partial charge on any atom is -0.508 e. The molecule has 0 saturated carbocycles. The summed E-state index contributed by atoms with van der Waals surface area (Å²) in [4.78, 5) is 11.8. The number of hydrogen-bond donors (Lipinski definition) is 3. The number of carbonyl (C=O) groups excluding carboxylic acids is 1. The van der Waals surface area contributed by atoms with E-state index in [9.17, 15) is 15.0 Å². The Hall–Kier alpha value is -2.53. The van der Waals surface area contributed by atoms with E-state index in [4.69, 9.17) is 11.6 Å². The SMILES string of the molecule is C/C(=N/NC(=O)Cc1ccc(Cl)cc1)c1cc(O)ccc1O. The number of rotatable bonds is 4. The van der Waals surface area contributed by atoms with Gasteiger partial charge in [0.2, 0.25) is 5.91 Å². The fourth-order valence-electron chi connectivity index (χ4n) is 1.85. The summed E-state index contributed by atoms with van der Waals surface area (Å²) < 4.78 is 0. The van der Waals surface area contributed by atoms with Crippen molar-refractivity contribution in [2.75, 3.05) is 0 Å². The Bertz CT molecular complexity index is 712. The van der Waals surface area contributed by atoms with E-state index in [0.29, 0.717) is 16.3 Å². The molecular formula is C16H15ClN2O3. The molecule has 114 valence electrons. The van der Waals surface area contributed by atoms with E-state index in [2.05, 4.69) is 10.5 Å². The van der Waals surface area contributed by atoms with Crippen molar-refractivity contribution in [3.63, 3.8) is 0 Å². The minimum atomic E-state index is -0.290. The van der Waals surface area contributed by atoms with Gasteiger partial charge in [0, 0.05) is 10.6 Å². The van der Waals surface area contributed by atoms with Crippen molar-refractivity contribution in [1.29, 1.82) is 0 Å². The zero-order chi connectivity index (χ0) is 16.1. The molecule has 0 atom stereocenters. The summed E-state index contributed by atoms with van der Waals surface area (Å²) in [6.07, 6.45) is 0.167. The van der Waals surface area contributed by atoms with Crippen LogP contribution in [-0.2, 0) is 11.2 Å². The molecule has 0 aromatic heterocycles. The van der Waals surface area contributed by atoms with Crippen molar-refractivity contribution >= 4 is 23.2 Å². The lowest BCUT2D eigenvalue weighted by Gasteiger charge is -2.06. The molecule has 0 bridgehead atoms. The maximum atomic E-state index is 11.8. The van der Waals surface area contributed by atoms with Crippen LogP contribution in [0.2, 0.25) is 5.02 Å². The third-order valence-electron chi connectivity index (χ3n) is 3.00. The number of phenols is 2. The second-order valence-electron chi connectivity index (χ2n) is 4.74. The average Bonchev–Trinajstić information content (AvgIpc) is 2.49. The molecule has 2 rings (SSSR count). The Morgan fingerprint density at radius 2 is 1.86 bits per heavy atom. The molecule has 3 N–H and O–H groups in total. The predicted octanol–water partition coefficient (Wildman–Crippen LogP) is 2.83. The van der Waals surface area contributed by atoms with E-state index >= 15 is 0 Å². The Morgan fingerprint density at radius 3 is 2.55 bits per heavy atom. The Labute approximate surface area is 132 Å². The highest BCUT2D eigenvalue weighted by Crippen LogP contribution is 2.22. The number of nitrogens with zero attached hydrogens (tertiary/aromatic N) is 1. The predicted molar refractivity (Wildman–Crippen MR) is 85.3 cm³/mol. The smallest absolute Gasteiger partial charge is 0.244 e. The van der Waals surface area contributed by atoms with Gasteiger partial charge in [-0.25, -0.2) is 5.43 Å². The number of halogens is 1. The van der Waals surface area contributed by atoms with Crippen molar-refractivity contribution < 1.29 is 15.0 Å². The molecule has 0 heterocycles. The van der Waals surface area contributed by atoms with Crippen LogP contribution in [0.5, 0.6) is 11.5 Å².